The quantitative estimate of drug-likeness (QED) is 0.352. The smallest absolute Gasteiger partial charge is 0.317 e. The topological polar surface area (TPSA) is 187 Å². The minimum Gasteiger partial charge on any atom is -0.480 e. The summed E-state index contributed by atoms with van der Waals surface area (Å²) in [5, 5.41) is 36.0. The molecule has 25 heavy (non-hydrogen) atoms. The molecule has 0 heterocycles. The lowest BCUT2D eigenvalue weighted by molar-refractivity contribution is -0.149. The zero-order valence-electron chi connectivity index (χ0n) is 13.6. The number of hydrogen-bond donors (Lipinski definition) is 4. The molecular formula is C14H24N2O9. The van der Waals surface area contributed by atoms with Gasteiger partial charge in [-0.1, -0.05) is 12.8 Å². The van der Waals surface area contributed by atoms with Gasteiger partial charge in [0, 0.05) is 12.1 Å². The number of carboxylic acids is 4. The average molecular weight is 364 g/mol. The first kappa shape index (κ1) is 22.8. The van der Waals surface area contributed by atoms with E-state index < -0.39 is 62.1 Å². The van der Waals surface area contributed by atoms with Crippen molar-refractivity contribution >= 4 is 23.9 Å². The van der Waals surface area contributed by atoms with Crippen molar-refractivity contribution in [3.63, 3.8) is 0 Å². The molecule has 1 aliphatic carbocycles. The van der Waals surface area contributed by atoms with E-state index in [9.17, 15) is 19.2 Å². The number of hydrogen-bond acceptors (Lipinski definition) is 6. The van der Waals surface area contributed by atoms with Gasteiger partial charge in [0.15, 0.2) is 0 Å². The van der Waals surface area contributed by atoms with Crippen LogP contribution in [0.1, 0.15) is 25.7 Å². The van der Waals surface area contributed by atoms with E-state index in [1.807, 2.05) is 0 Å². The van der Waals surface area contributed by atoms with Crippen LogP contribution in [0.25, 0.3) is 0 Å². The van der Waals surface area contributed by atoms with Crippen molar-refractivity contribution in [2.45, 2.75) is 37.8 Å². The molecule has 6 N–H and O–H groups in total. The van der Waals surface area contributed by atoms with Crippen molar-refractivity contribution in [1.82, 2.24) is 9.80 Å². The Morgan fingerprint density at radius 1 is 0.640 bits per heavy atom. The molecule has 0 spiro atoms. The molecule has 0 aliphatic heterocycles. The Labute approximate surface area is 143 Å². The number of carboxylic acid groups (broad SMARTS) is 4. The lowest BCUT2D eigenvalue weighted by Gasteiger charge is -2.43. The van der Waals surface area contributed by atoms with E-state index in [-0.39, 0.29) is 5.48 Å². The van der Waals surface area contributed by atoms with Crippen LogP contribution in [0.2, 0.25) is 0 Å². The van der Waals surface area contributed by atoms with Gasteiger partial charge in [-0.05, 0) is 12.8 Å². The second-order valence-corrected chi connectivity index (χ2v) is 5.80. The van der Waals surface area contributed by atoms with E-state index in [1.54, 1.807) is 0 Å². The maximum absolute atomic E-state index is 11.0. The molecular weight excluding hydrogens is 340 g/mol. The zero-order chi connectivity index (χ0) is 18.3. The second-order valence-electron chi connectivity index (χ2n) is 5.80. The first-order valence-electron chi connectivity index (χ1n) is 7.56. The van der Waals surface area contributed by atoms with Gasteiger partial charge >= 0.3 is 23.9 Å². The summed E-state index contributed by atoms with van der Waals surface area (Å²) < 4.78 is 0. The number of carbonyl (C=O) groups is 4. The standard InChI is InChI=1S/C14H22N2O8.H2O/c17-11(18)5-15(6-12(19)20)9-3-1-2-4-10(9)16(7-13(21)22)8-14(23)24;/h9-10H,1-8H2,(H,17,18)(H,19,20)(H,21,22)(H,23,24);1H2/t9-,10-;/m0./s1. The van der Waals surface area contributed by atoms with E-state index in [0.717, 1.165) is 12.8 Å². The highest BCUT2D eigenvalue weighted by Crippen LogP contribution is 2.27. The number of aliphatic carboxylic acids is 4. The molecule has 2 atom stereocenters. The molecule has 1 rings (SSSR count). The van der Waals surface area contributed by atoms with Crippen LogP contribution < -0.4 is 0 Å². The van der Waals surface area contributed by atoms with Crippen LogP contribution in [0.5, 0.6) is 0 Å². The van der Waals surface area contributed by atoms with Crippen LogP contribution >= 0.6 is 0 Å². The van der Waals surface area contributed by atoms with Crippen LogP contribution in [0.15, 0.2) is 0 Å². The minimum atomic E-state index is -1.19. The van der Waals surface area contributed by atoms with E-state index in [0.29, 0.717) is 12.8 Å². The van der Waals surface area contributed by atoms with Gasteiger partial charge in [0.2, 0.25) is 0 Å². The minimum absolute atomic E-state index is 0. The van der Waals surface area contributed by atoms with Gasteiger partial charge in [-0.25, -0.2) is 0 Å². The number of nitrogens with zero attached hydrogens (tertiary/aromatic N) is 2. The maximum atomic E-state index is 11.0. The molecule has 0 aromatic rings. The lowest BCUT2D eigenvalue weighted by atomic mass is 9.87. The summed E-state index contributed by atoms with van der Waals surface area (Å²) in [6, 6.07) is -1.05. The van der Waals surface area contributed by atoms with Crippen molar-refractivity contribution in [2.24, 2.45) is 0 Å². The fourth-order valence-electron chi connectivity index (χ4n) is 3.22. The Hall–Kier alpha value is -2.24. The first-order valence-corrected chi connectivity index (χ1v) is 7.56. The summed E-state index contributed by atoms with van der Waals surface area (Å²) in [5.41, 5.74) is 0. The average Bonchev–Trinajstić information content (AvgIpc) is 2.44. The molecule has 0 aromatic carbocycles. The van der Waals surface area contributed by atoms with Gasteiger partial charge in [0.05, 0.1) is 26.2 Å². The Balaban J connectivity index is 0.00000576. The van der Waals surface area contributed by atoms with Crippen LogP contribution in [-0.4, -0.2) is 97.8 Å². The van der Waals surface area contributed by atoms with Crippen molar-refractivity contribution in [3.8, 4) is 0 Å². The normalized spacial score (nSPS) is 20.1. The van der Waals surface area contributed by atoms with Gasteiger partial charge in [0.1, 0.15) is 0 Å². The molecule has 0 radical (unpaired) electrons. The second kappa shape index (κ2) is 10.6. The summed E-state index contributed by atoms with van der Waals surface area (Å²) in [7, 11) is 0. The molecule has 1 fully saturated rings. The Morgan fingerprint density at radius 3 is 1.08 bits per heavy atom. The predicted octanol–water partition coefficient (Wildman–Crippen LogP) is -1.58. The first-order chi connectivity index (χ1) is 11.2. The fraction of sp³-hybridized carbons (Fsp3) is 0.714. The van der Waals surface area contributed by atoms with E-state index >= 15 is 0 Å². The predicted molar refractivity (Wildman–Crippen MR) is 83.3 cm³/mol. The van der Waals surface area contributed by atoms with Crippen LogP contribution in [0.3, 0.4) is 0 Å². The third-order valence-electron chi connectivity index (χ3n) is 3.99. The summed E-state index contributed by atoms with van der Waals surface area (Å²) in [4.78, 5) is 46.7. The molecule has 144 valence electrons. The van der Waals surface area contributed by atoms with Crippen LogP contribution in [-0.2, 0) is 19.2 Å². The zero-order valence-corrected chi connectivity index (χ0v) is 13.6. The van der Waals surface area contributed by atoms with E-state index in [2.05, 4.69) is 0 Å². The highest BCUT2D eigenvalue weighted by molar-refractivity contribution is 5.73. The van der Waals surface area contributed by atoms with Crippen molar-refractivity contribution in [3.05, 3.63) is 0 Å². The summed E-state index contributed by atoms with van der Waals surface area (Å²) in [5.74, 6) is -4.76. The molecule has 0 aromatic heterocycles. The molecule has 1 saturated carbocycles. The van der Waals surface area contributed by atoms with Gasteiger partial charge in [-0.15, -0.1) is 0 Å². The van der Waals surface area contributed by atoms with Crippen molar-refractivity contribution in [2.75, 3.05) is 26.2 Å². The molecule has 1 aliphatic rings. The third-order valence-corrected chi connectivity index (χ3v) is 3.99. The summed E-state index contributed by atoms with van der Waals surface area (Å²) in [6.07, 6.45) is 2.46. The number of rotatable bonds is 10. The Bertz CT molecular complexity index is 421. The van der Waals surface area contributed by atoms with Crippen LogP contribution in [0.4, 0.5) is 0 Å². The highest BCUT2D eigenvalue weighted by Gasteiger charge is 2.37. The molecule has 0 saturated heterocycles. The largest absolute Gasteiger partial charge is 0.480 e. The highest BCUT2D eigenvalue weighted by atomic mass is 16.4. The molecule has 0 unspecified atom stereocenters. The summed E-state index contributed by atoms with van der Waals surface area (Å²) >= 11 is 0. The fourth-order valence-corrected chi connectivity index (χ4v) is 3.22. The Morgan fingerprint density at radius 2 is 0.880 bits per heavy atom. The van der Waals surface area contributed by atoms with Gasteiger partial charge in [-0.2, -0.15) is 0 Å². The lowest BCUT2D eigenvalue weighted by Crippen LogP contribution is -2.57. The Kier molecular flexibility index (Phi) is 9.64. The van der Waals surface area contributed by atoms with Gasteiger partial charge in [0.25, 0.3) is 0 Å². The monoisotopic (exact) mass is 364 g/mol. The van der Waals surface area contributed by atoms with E-state index in [4.69, 9.17) is 20.4 Å². The maximum Gasteiger partial charge on any atom is 0.317 e. The van der Waals surface area contributed by atoms with Gasteiger partial charge in [-0.3, -0.25) is 29.0 Å². The molecule has 11 nitrogen and oxygen atoms in total. The molecule has 11 heteroatoms. The van der Waals surface area contributed by atoms with Crippen LogP contribution in [0, 0.1) is 0 Å². The van der Waals surface area contributed by atoms with E-state index in [1.165, 1.54) is 9.80 Å². The van der Waals surface area contributed by atoms with Crippen molar-refractivity contribution < 1.29 is 45.1 Å². The van der Waals surface area contributed by atoms with Gasteiger partial charge < -0.3 is 25.9 Å². The van der Waals surface area contributed by atoms with Crippen molar-refractivity contribution in [1.29, 1.82) is 0 Å². The SMILES string of the molecule is O.O=C(O)CN(CC(=O)O)[C@H]1CCCC[C@@H]1N(CC(=O)O)CC(=O)O. The third kappa shape index (κ3) is 7.92. The molecule has 0 amide bonds. The molecule has 0 bridgehead atoms. The summed E-state index contributed by atoms with van der Waals surface area (Å²) in [6.45, 7) is -1.99.